The molecule has 0 saturated carbocycles. The third-order valence-corrected chi connectivity index (χ3v) is 2.98. The summed E-state index contributed by atoms with van der Waals surface area (Å²) in [7, 11) is 0. The summed E-state index contributed by atoms with van der Waals surface area (Å²) < 4.78 is 2.55. The molecule has 2 aromatic heterocycles. The van der Waals surface area contributed by atoms with E-state index in [1.165, 1.54) is 6.33 Å². The lowest BCUT2D eigenvalue weighted by Crippen LogP contribution is -2.13. The number of aromatic amines is 1. The molecule has 0 radical (unpaired) electrons. The van der Waals surface area contributed by atoms with Crippen molar-refractivity contribution in [1.29, 1.82) is 0 Å². The number of halogens is 1. The number of H-pyrrole nitrogens is 1. The van der Waals surface area contributed by atoms with Crippen LogP contribution in [0.5, 0.6) is 0 Å². The van der Waals surface area contributed by atoms with Gasteiger partial charge >= 0.3 is 0 Å². The Hall–Kier alpha value is -2.48. The molecule has 0 spiro atoms. The van der Waals surface area contributed by atoms with E-state index in [9.17, 15) is 4.79 Å². The Morgan fingerprint density at radius 3 is 3.00 bits per heavy atom. The summed E-state index contributed by atoms with van der Waals surface area (Å²) in [6.07, 6.45) is 4.82. The highest BCUT2D eigenvalue weighted by Gasteiger charge is 2.09. The van der Waals surface area contributed by atoms with Crippen molar-refractivity contribution in [2.45, 2.75) is 0 Å². The minimum absolute atomic E-state index is 0.269. The van der Waals surface area contributed by atoms with Crippen LogP contribution in [0, 0.1) is 0 Å². The second-order valence-electron chi connectivity index (χ2n) is 3.94. The van der Waals surface area contributed by atoms with Crippen molar-refractivity contribution in [2.24, 2.45) is 0 Å². The Balaban J connectivity index is 1.85. The maximum atomic E-state index is 12.1. The van der Waals surface area contributed by atoms with Gasteiger partial charge in [-0.3, -0.25) is 10.1 Å². The first-order chi connectivity index (χ1) is 9.72. The van der Waals surface area contributed by atoms with Gasteiger partial charge in [-0.15, -0.1) is 0 Å². The monoisotopic (exact) mass is 332 g/mol. The molecule has 0 aliphatic heterocycles. The first-order valence-electron chi connectivity index (χ1n) is 5.70. The van der Waals surface area contributed by atoms with Gasteiger partial charge in [-0.05, 0) is 34.1 Å². The van der Waals surface area contributed by atoms with Gasteiger partial charge in [0.05, 0.1) is 16.4 Å². The number of aromatic nitrogens is 5. The maximum Gasteiger partial charge on any atom is 0.258 e. The summed E-state index contributed by atoms with van der Waals surface area (Å²) in [5.41, 5.74) is 1.30. The average molecular weight is 333 g/mol. The molecule has 0 atom stereocenters. The number of nitrogens with zero attached hydrogens (tertiary/aromatic N) is 4. The number of anilines is 1. The zero-order valence-corrected chi connectivity index (χ0v) is 11.7. The minimum Gasteiger partial charge on any atom is -0.291 e. The highest BCUT2D eigenvalue weighted by molar-refractivity contribution is 9.10. The van der Waals surface area contributed by atoms with E-state index in [4.69, 9.17) is 0 Å². The van der Waals surface area contributed by atoms with Gasteiger partial charge in [-0.2, -0.15) is 15.2 Å². The first kappa shape index (κ1) is 12.5. The summed E-state index contributed by atoms with van der Waals surface area (Å²) >= 11 is 3.33. The van der Waals surface area contributed by atoms with Crippen molar-refractivity contribution in [3.63, 3.8) is 0 Å². The van der Waals surface area contributed by atoms with Gasteiger partial charge in [0.25, 0.3) is 5.91 Å². The fraction of sp³-hybridized carbons (Fsp3) is 0. The van der Waals surface area contributed by atoms with E-state index < -0.39 is 0 Å². The number of carbonyl (C=O) groups is 1. The third-order valence-electron chi connectivity index (χ3n) is 2.57. The third kappa shape index (κ3) is 2.59. The lowest BCUT2D eigenvalue weighted by Gasteiger charge is -2.05. The Labute approximate surface area is 122 Å². The quantitative estimate of drug-likeness (QED) is 0.767. The normalized spacial score (nSPS) is 10.4. The van der Waals surface area contributed by atoms with Crippen LogP contribution in [0.25, 0.3) is 5.69 Å². The highest BCUT2D eigenvalue weighted by atomic mass is 79.9. The molecule has 100 valence electrons. The molecule has 7 nitrogen and oxygen atoms in total. The molecule has 0 aliphatic rings. The van der Waals surface area contributed by atoms with Crippen LogP contribution < -0.4 is 5.32 Å². The fourth-order valence-electron chi connectivity index (χ4n) is 1.68. The number of nitrogens with one attached hydrogen (secondary N) is 2. The minimum atomic E-state index is -0.269. The van der Waals surface area contributed by atoms with Gasteiger partial charge in [0.15, 0.2) is 0 Å². The van der Waals surface area contributed by atoms with Crippen LogP contribution in [-0.2, 0) is 0 Å². The van der Waals surface area contributed by atoms with Gasteiger partial charge in [0.1, 0.15) is 6.33 Å². The molecule has 0 saturated heterocycles. The molecule has 3 aromatic rings. The molecule has 0 aliphatic carbocycles. The highest BCUT2D eigenvalue weighted by Crippen LogP contribution is 2.14. The predicted octanol–water partition coefficient (Wildman–Crippen LogP) is 2.01. The van der Waals surface area contributed by atoms with E-state index in [1.54, 1.807) is 29.1 Å². The van der Waals surface area contributed by atoms with E-state index in [0.717, 1.165) is 10.2 Å². The predicted molar refractivity (Wildman–Crippen MR) is 75.6 cm³/mol. The number of amides is 1. The van der Waals surface area contributed by atoms with Crippen molar-refractivity contribution in [1.82, 2.24) is 25.0 Å². The van der Waals surface area contributed by atoms with Crippen LogP contribution in [0.2, 0.25) is 0 Å². The van der Waals surface area contributed by atoms with Crippen molar-refractivity contribution < 1.29 is 4.79 Å². The molecule has 20 heavy (non-hydrogen) atoms. The van der Waals surface area contributed by atoms with Gasteiger partial charge in [-0.25, -0.2) is 9.78 Å². The van der Waals surface area contributed by atoms with Crippen LogP contribution >= 0.6 is 15.9 Å². The molecule has 0 unspecified atom stereocenters. The van der Waals surface area contributed by atoms with Gasteiger partial charge in [0, 0.05) is 11.8 Å². The lowest BCUT2D eigenvalue weighted by molar-refractivity contribution is 0.102. The largest absolute Gasteiger partial charge is 0.291 e. The Morgan fingerprint density at radius 2 is 2.30 bits per heavy atom. The van der Waals surface area contributed by atoms with E-state index in [-0.39, 0.29) is 5.91 Å². The second kappa shape index (κ2) is 5.25. The molecule has 2 N–H and O–H groups in total. The van der Waals surface area contributed by atoms with Crippen molar-refractivity contribution in [2.75, 3.05) is 5.32 Å². The number of rotatable bonds is 3. The number of carbonyl (C=O) groups excluding carboxylic acids is 1. The van der Waals surface area contributed by atoms with Crippen LogP contribution in [0.3, 0.4) is 0 Å². The van der Waals surface area contributed by atoms with Crippen LogP contribution in [0.15, 0.2) is 47.5 Å². The number of hydrogen-bond donors (Lipinski definition) is 2. The van der Waals surface area contributed by atoms with Gasteiger partial charge < -0.3 is 0 Å². The fourth-order valence-corrected chi connectivity index (χ4v) is 1.96. The summed E-state index contributed by atoms with van der Waals surface area (Å²) in [5, 5.41) is 13.0. The van der Waals surface area contributed by atoms with Crippen LogP contribution in [0.4, 0.5) is 5.95 Å². The second-order valence-corrected chi connectivity index (χ2v) is 4.86. The zero-order chi connectivity index (χ0) is 13.9. The molecular formula is C12H9BrN6O. The first-order valence-corrected chi connectivity index (χ1v) is 6.49. The summed E-state index contributed by atoms with van der Waals surface area (Å²) in [4.78, 5) is 15.9. The van der Waals surface area contributed by atoms with Crippen molar-refractivity contribution in [3.05, 3.63) is 53.0 Å². The smallest absolute Gasteiger partial charge is 0.258 e. The van der Waals surface area contributed by atoms with E-state index in [2.05, 4.69) is 41.5 Å². The molecule has 8 heteroatoms. The zero-order valence-electron chi connectivity index (χ0n) is 10.1. The number of hydrogen-bond acceptors (Lipinski definition) is 4. The Morgan fingerprint density at radius 1 is 1.40 bits per heavy atom. The molecular weight excluding hydrogens is 324 g/mol. The summed E-state index contributed by atoms with van der Waals surface area (Å²) in [6.45, 7) is 0. The van der Waals surface area contributed by atoms with E-state index in [1.807, 2.05) is 12.3 Å². The maximum absolute atomic E-state index is 12.1. The van der Waals surface area contributed by atoms with Gasteiger partial charge in [-0.1, -0.05) is 6.07 Å². The molecule has 1 amide bonds. The summed E-state index contributed by atoms with van der Waals surface area (Å²) in [6, 6.07) is 7.11. The Bertz CT molecular complexity index is 736. The molecule has 1 aromatic carbocycles. The van der Waals surface area contributed by atoms with Gasteiger partial charge in [0.2, 0.25) is 5.95 Å². The molecule has 0 bridgehead atoms. The molecule has 2 heterocycles. The van der Waals surface area contributed by atoms with Crippen LogP contribution in [-0.4, -0.2) is 30.9 Å². The van der Waals surface area contributed by atoms with Crippen molar-refractivity contribution >= 4 is 27.8 Å². The molecule has 0 fully saturated rings. The lowest BCUT2D eigenvalue weighted by atomic mass is 10.2. The Kier molecular flexibility index (Phi) is 3.30. The summed E-state index contributed by atoms with van der Waals surface area (Å²) in [5.74, 6) is 0.0389. The average Bonchev–Trinajstić information content (AvgIpc) is 3.10. The van der Waals surface area contributed by atoms with E-state index in [0.29, 0.717) is 11.5 Å². The van der Waals surface area contributed by atoms with Crippen molar-refractivity contribution in [3.8, 4) is 5.69 Å². The number of benzene rings is 1. The molecule has 3 rings (SSSR count). The van der Waals surface area contributed by atoms with E-state index >= 15 is 0 Å². The SMILES string of the molecule is O=C(Nc1ncn[nH]1)c1cccc(-n2cc(Br)cn2)c1. The topological polar surface area (TPSA) is 88.5 Å². The van der Waals surface area contributed by atoms with Crippen LogP contribution in [0.1, 0.15) is 10.4 Å². The standard InChI is InChI=1S/C12H9BrN6O/c13-9-5-16-19(6-9)10-3-1-2-8(4-10)11(20)17-12-14-7-15-18-12/h1-7H,(H2,14,15,17,18,20).